The van der Waals surface area contributed by atoms with Crippen LogP contribution in [0.5, 0.6) is 11.5 Å². The SMILES string of the molecule is C=C[C@@H](NP(C)(=O)Oc1ccccc1)C(=O)Oc1ccccc1. The number of hydrogen-bond donors (Lipinski definition) is 1. The van der Waals surface area contributed by atoms with Gasteiger partial charge in [-0.1, -0.05) is 42.5 Å². The van der Waals surface area contributed by atoms with Crippen molar-refractivity contribution in [3.8, 4) is 11.5 Å². The molecule has 0 aliphatic rings. The number of nitrogens with one attached hydrogen (secondary N) is 1. The second-order valence-electron chi connectivity index (χ2n) is 4.83. The van der Waals surface area contributed by atoms with Crippen LogP contribution in [-0.2, 0) is 9.36 Å². The first-order valence-corrected chi connectivity index (χ1v) is 9.06. The molecule has 0 bridgehead atoms. The van der Waals surface area contributed by atoms with Crippen molar-refractivity contribution in [2.75, 3.05) is 6.66 Å². The first-order chi connectivity index (χ1) is 11.0. The molecule has 6 heteroatoms. The van der Waals surface area contributed by atoms with Crippen LogP contribution in [0, 0.1) is 0 Å². The molecule has 2 atom stereocenters. The first kappa shape index (κ1) is 17.0. The van der Waals surface area contributed by atoms with Crippen molar-refractivity contribution in [3.05, 3.63) is 73.3 Å². The zero-order valence-corrected chi connectivity index (χ0v) is 13.6. The van der Waals surface area contributed by atoms with Gasteiger partial charge in [0.15, 0.2) is 0 Å². The monoisotopic (exact) mass is 331 g/mol. The van der Waals surface area contributed by atoms with Crippen molar-refractivity contribution in [1.29, 1.82) is 0 Å². The van der Waals surface area contributed by atoms with Crippen LogP contribution in [0.1, 0.15) is 0 Å². The minimum absolute atomic E-state index is 0.404. The largest absolute Gasteiger partial charge is 0.433 e. The number of rotatable bonds is 7. The Morgan fingerprint density at radius 1 is 1.09 bits per heavy atom. The van der Waals surface area contributed by atoms with Crippen molar-refractivity contribution in [2.24, 2.45) is 0 Å². The smallest absolute Gasteiger partial charge is 0.333 e. The summed E-state index contributed by atoms with van der Waals surface area (Å²) in [6.07, 6.45) is 1.33. The van der Waals surface area contributed by atoms with E-state index in [1.807, 2.05) is 12.1 Å². The van der Waals surface area contributed by atoms with Crippen molar-refractivity contribution < 1.29 is 18.6 Å². The van der Waals surface area contributed by atoms with Gasteiger partial charge in [-0.15, -0.1) is 6.58 Å². The summed E-state index contributed by atoms with van der Waals surface area (Å²) in [6, 6.07) is 16.4. The van der Waals surface area contributed by atoms with Gasteiger partial charge in [0.05, 0.1) is 0 Å². The number of carbonyl (C=O) groups excluding carboxylic acids is 1. The Morgan fingerprint density at radius 3 is 2.13 bits per heavy atom. The molecule has 0 spiro atoms. The van der Waals surface area contributed by atoms with Crippen LogP contribution in [0.2, 0.25) is 0 Å². The number of esters is 1. The van der Waals surface area contributed by atoms with Gasteiger partial charge in [-0.25, -0.2) is 9.88 Å². The van der Waals surface area contributed by atoms with E-state index >= 15 is 0 Å². The van der Waals surface area contributed by atoms with Crippen LogP contribution in [0.4, 0.5) is 0 Å². The molecule has 0 heterocycles. The van der Waals surface area contributed by atoms with Crippen LogP contribution < -0.4 is 14.3 Å². The molecule has 0 aliphatic heterocycles. The molecule has 0 amide bonds. The summed E-state index contributed by atoms with van der Waals surface area (Å²) < 4.78 is 23.2. The molecule has 2 rings (SSSR count). The highest BCUT2D eigenvalue weighted by atomic mass is 31.2. The Bertz CT molecular complexity index is 703. The Balaban J connectivity index is 2.01. The standard InChI is InChI=1S/C17H18NO4P/c1-3-16(17(19)21-14-10-6-4-7-11-14)18-23(2,20)22-15-12-8-5-9-13-15/h3-13,16H,1H2,2H3,(H,18,20)/t16-,23?/m1/s1. The molecular formula is C17H18NO4P. The van der Waals surface area contributed by atoms with E-state index in [1.165, 1.54) is 12.7 Å². The van der Waals surface area contributed by atoms with Crippen molar-refractivity contribution >= 4 is 13.5 Å². The predicted molar refractivity (Wildman–Crippen MR) is 89.8 cm³/mol. The molecule has 5 nitrogen and oxygen atoms in total. The zero-order valence-electron chi connectivity index (χ0n) is 12.7. The summed E-state index contributed by atoms with van der Waals surface area (Å²) in [4.78, 5) is 12.1. The summed E-state index contributed by atoms with van der Waals surface area (Å²) in [5, 5.41) is 2.65. The molecule has 2 aromatic carbocycles. The lowest BCUT2D eigenvalue weighted by atomic mass is 10.3. The molecule has 0 fully saturated rings. The second-order valence-corrected chi connectivity index (χ2v) is 6.96. The maximum atomic E-state index is 12.5. The molecule has 0 radical (unpaired) electrons. The molecule has 1 unspecified atom stereocenters. The van der Waals surface area contributed by atoms with Gasteiger partial charge in [-0.05, 0) is 24.3 Å². The summed E-state index contributed by atoms with van der Waals surface area (Å²) in [6.45, 7) is 4.97. The number of hydrogen-bond acceptors (Lipinski definition) is 4. The van der Waals surface area contributed by atoms with E-state index in [2.05, 4.69) is 11.7 Å². The van der Waals surface area contributed by atoms with Gasteiger partial charge >= 0.3 is 13.5 Å². The fourth-order valence-corrected chi connectivity index (χ4v) is 3.12. The van der Waals surface area contributed by atoms with E-state index in [9.17, 15) is 9.36 Å². The lowest BCUT2D eigenvalue weighted by Crippen LogP contribution is -2.36. The Kier molecular flexibility index (Phi) is 5.74. The lowest BCUT2D eigenvalue weighted by Gasteiger charge is -2.20. The fourth-order valence-electron chi connectivity index (χ4n) is 1.83. The third-order valence-corrected chi connectivity index (χ3v) is 4.15. The second kappa shape index (κ2) is 7.77. The first-order valence-electron chi connectivity index (χ1n) is 6.99. The molecule has 0 saturated carbocycles. The minimum atomic E-state index is -3.27. The molecule has 1 N–H and O–H groups in total. The number of benzene rings is 2. The van der Waals surface area contributed by atoms with E-state index < -0.39 is 19.5 Å². The van der Waals surface area contributed by atoms with Gasteiger partial charge in [-0.3, -0.25) is 4.57 Å². The van der Waals surface area contributed by atoms with Gasteiger partial charge in [0.2, 0.25) is 0 Å². The van der Waals surface area contributed by atoms with Crippen LogP contribution in [0.3, 0.4) is 0 Å². The summed E-state index contributed by atoms with van der Waals surface area (Å²) >= 11 is 0. The molecular weight excluding hydrogens is 313 g/mol. The Morgan fingerprint density at radius 2 is 1.61 bits per heavy atom. The van der Waals surface area contributed by atoms with Crippen LogP contribution in [0.15, 0.2) is 73.3 Å². The highest BCUT2D eigenvalue weighted by Gasteiger charge is 2.27. The lowest BCUT2D eigenvalue weighted by molar-refractivity contribution is -0.135. The average molecular weight is 331 g/mol. The predicted octanol–water partition coefficient (Wildman–Crippen LogP) is 3.64. The van der Waals surface area contributed by atoms with Crippen molar-refractivity contribution in [2.45, 2.75) is 6.04 Å². The topological polar surface area (TPSA) is 64.6 Å². The quantitative estimate of drug-likeness (QED) is 0.363. The maximum Gasteiger partial charge on any atom is 0.333 e. The minimum Gasteiger partial charge on any atom is -0.433 e. The van der Waals surface area contributed by atoms with E-state index in [1.54, 1.807) is 48.5 Å². The van der Waals surface area contributed by atoms with Gasteiger partial charge in [0, 0.05) is 6.66 Å². The van der Waals surface area contributed by atoms with Crippen LogP contribution >= 0.6 is 7.52 Å². The molecule has 0 aliphatic carbocycles. The molecule has 120 valence electrons. The average Bonchev–Trinajstić information content (AvgIpc) is 2.54. The van der Waals surface area contributed by atoms with Gasteiger partial charge in [0.25, 0.3) is 0 Å². The third-order valence-electron chi connectivity index (χ3n) is 2.85. The van der Waals surface area contributed by atoms with Crippen molar-refractivity contribution in [1.82, 2.24) is 5.09 Å². The number of carbonyl (C=O) groups is 1. The molecule has 0 aromatic heterocycles. The maximum absolute atomic E-state index is 12.5. The fraction of sp³-hybridized carbons (Fsp3) is 0.118. The van der Waals surface area contributed by atoms with Gasteiger partial charge in [0.1, 0.15) is 17.5 Å². The molecule has 2 aromatic rings. The Labute approximate surface area is 135 Å². The highest BCUT2D eigenvalue weighted by molar-refractivity contribution is 7.56. The molecule has 0 saturated heterocycles. The normalized spacial score (nSPS) is 14.3. The number of ether oxygens (including phenoxy) is 1. The van der Waals surface area contributed by atoms with Crippen LogP contribution in [-0.4, -0.2) is 18.7 Å². The highest BCUT2D eigenvalue weighted by Crippen LogP contribution is 2.39. The van der Waals surface area contributed by atoms with Gasteiger partial charge < -0.3 is 9.26 Å². The third kappa shape index (κ3) is 5.40. The van der Waals surface area contributed by atoms with Crippen molar-refractivity contribution in [3.63, 3.8) is 0 Å². The van der Waals surface area contributed by atoms with E-state index in [0.29, 0.717) is 11.5 Å². The zero-order chi connectivity index (χ0) is 16.7. The number of para-hydroxylation sites is 2. The van der Waals surface area contributed by atoms with E-state index in [0.717, 1.165) is 0 Å². The summed E-state index contributed by atoms with van der Waals surface area (Å²) in [7, 11) is -3.27. The summed E-state index contributed by atoms with van der Waals surface area (Å²) in [5.41, 5.74) is 0. The van der Waals surface area contributed by atoms with Crippen LogP contribution in [0.25, 0.3) is 0 Å². The van der Waals surface area contributed by atoms with Gasteiger partial charge in [-0.2, -0.15) is 0 Å². The Hall–Kier alpha value is -2.36. The molecule has 23 heavy (non-hydrogen) atoms. The van der Waals surface area contributed by atoms with E-state index in [-0.39, 0.29) is 0 Å². The summed E-state index contributed by atoms with van der Waals surface area (Å²) in [5.74, 6) is 0.246. The van der Waals surface area contributed by atoms with E-state index in [4.69, 9.17) is 9.26 Å².